The lowest BCUT2D eigenvalue weighted by Crippen LogP contribution is -2.47. The molecule has 1 aliphatic carbocycles. The Bertz CT molecular complexity index is 391. The molecule has 0 aromatic carbocycles. The topological polar surface area (TPSA) is 41.6 Å². The lowest BCUT2D eigenvalue weighted by atomic mass is 9.89. The van der Waals surface area contributed by atoms with Crippen LogP contribution in [0.25, 0.3) is 0 Å². The van der Waals surface area contributed by atoms with E-state index in [1.54, 1.807) is 0 Å². The molecule has 3 rings (SSSR count). The molecule has 22 heavy (non-hydrogen) atoms. The predicted molar refractivity (Wildman–Crippen MR) is 87.4 cm³/mol. The summed E-state index contributed by atoms with van der Waals surface area (Å²) in [6.45, 7) is 2.81. The van der Waals surface area contributed by atoms with Crippen LogP contribution in [0, 0.1) is 5.92 Å². The first-order valence-electron chi connectivity index (χ1n) is 9.15. The number of carbonyl (C=O) groups excluding carboxylic acids is 1. The maximum absolute atomic E-state index is 12.5. The highest BCUT2D eigenvalue weighted by Gasteiger charge is 2.32. The molecule has 0 unspecified atom stereocenters. The third-order valence-corrected chi connectivity index (χ3v) is 5.42. The molecular weight excluding hydrogens is 276 g/mol. The molecule has 2 heterocycles. The van der Waals surface area contributed by atoms with Gasteiger partial charge < -0.3 is 10.1 Å². The summed E-state index contributed by atoms with van der Waals surface area (Å²) in [5, 5.41) is 3.23. The van der Waals surface area contributed by atoms with Crippen LogP contribution in [0.3, 0.4) is 0 Å². The fourth-order valence-electron chi connectivity index (χ4n) is 4.08. The van der Waals surface area contributed by atoms with E-state index in [2.05, 4.69) is 16.3 Å². The van der Waals surface area contributed by atoms with Crippen LogP contribution in [0.4, 0.5) is 0 Å². The minimum atomic E-state index is 0.0677. The van der Waals surface area contributed by atoms with Gasteiger partial charge in [-0.05, 0) is 57.1 Å². The van der Waals surface area contributed by atoms with Gasteiger partial charge in [0.25, 0.3) is 0 Å². The summed E-state index contributed by atoms with van der Waals surface area (Å²) in [6, 6.07) is 0.0677. The van der Waals surface area contributed by atoms with Gasteiger partial charge in [0.05, 0.1) is 12.3 Å². The molecule has 1 amide bonds. The average Bonchev–Trinajstić information content (AvgIpc) is 3.03. The van der Waals surface area contributed by atoms with E-state index < -0.39 is 0 Å². The average molecular weight is 306 g/mol. The lowest BCUT2D eigenvalue weighted by Gasteiger charge is -2.29. The van der Waals surface area contributed by atoms with E-state index in [-0.39, 0.29) is 18.1 Å². The highest BCUT2D eigenvalue weighted by atomic mass is 16.5. The van der Waals surface area contributed by atoms with Crippen molar-refractivity contribution in [1.29, 1.82) is 0 Å². The highest BCUT2D eigenvalue weighted by Crippen LogP contribution is 2.24. The normalized spacial score (nSPS) is 30.2. The van der Waals surface area contributed by atoms with Gasteiger partial charge in [0, 0.05) is 13.1 Å². The number of amides is 1. The van der Waals surface area contributed by atoms with Gasteiger partial charge in [-0.1, -0.05) is 19.3 Å². The van der Waals surface area contributed by atoms with E-state index in [9.17, 15) is 4.79 Å². The number of allylic oxidation sites excluding steroid dienone is 1. The Balaban J connectivity index is 1.44. The zero-order chi connectivity index (χ0) is 15.2. The van der Waals surface area contributed by atoms with Crippen molar-refractivity contribution in [2.75, 3.05) is 19.6 Å². The summed E-state index contributed by atoms with van der Waals surface area (Å²) in [5.74, 6) is 0.953. The van der Waals surface area contributed by atoms with Crippen LogP contribution in [-0.2, 0) is 9.53 Å². The molecule has 0 aromatic heterocycles. The fraction of sp³-hybridized carbons (Fsp3) is 0.833. The molecule has 1 saturated heterocycles. The molecule has 2 atom stereocenters. The van der Waals surface area contributed by atoms with Gasteiger partial charge in [0.2, 0.25) is 5.91 Å². The first-order valence-corrected chi connectivity index (χ1v) is 9.15. The van der Waals surface area contributed by atoms with Gasteiger partial charge in [-0.3, -0.25) is 9.69 Å². The smallest absolute Gasteiger partial charge is 0.237 e. The van der Waals surface area contributed by atoms with Crippen molar-refractivity contribution in [2.24, 2.45) is 5.92 Å². The molecule has 0 radical (unpaired) electrons. The number of nitrogens with zero attached hydrogens (tertiary/aromatic N) is 1. The maximum Gasteiger partial charge on any atom is 0.237 e. The molecule has 1 N–H and O–H groups in total. The molecule has 2 aliphatic heterocycles. The number of rotatable bonds is 5. The quantitative estimate of drug-likeness (QED) is 0.849. The summed E-state index contributed by atoms with van der Waals surface area (Å²) in [4.78, 5) is 14.9. The Morgan fingerprint density at radius 1 is 1.14 bits per heavy atom. The Morgan fingerprint density at radius 2 is 2.00 bits per heavy atom. The van der Waals surface area contributed by atoms with E-state index in [0.717, 1.165) is 45.3 Å². The van der Waals surface area contributed by atoms with Crippen LogP contribution >= 0.6 is 0 Å². The van der Waals surface area contributed by atoms with E-state index >= 15 is 0 Å². The first kappa shape index (κ1) is 15.9. The highest BCUT2D eigenvalue weighted by molar-refractivity contribution is 5.82. The number of carbonyl (C=O) groups is 1. The van der Waals surface area contributed by atoms with Gasteiger partial charge in [0.15, 0.2) is 0 Å². The summed E-state index contributed by atoms with van der Waals surface area (Å²) >= 11 is 0. The molecule has 3 aliphatic rings. The van der Waals surface area contributed by atoms with Gasteiger partial charge in [-0.2, -0.15) is 0 Å². The predicted octanol–water partition coefficient (Wildman–Crippen LogP) is 2.84. The lowest BCUT2D eigenvalue weighted by molar-refractivity contribution is -0.126. The van der Waals surface area contributed by atoms with E-state index in [0.29, 0.717) is 5.92 Å². The van der Waals surface area contributed by atoms with Crippen LogP contribution in [0.5, 0.6) is 0 Å². The number of ether oxygens (including phenoxy) is 1. The minimum absolute atomic E-state index is 0.0677. The van der Waals surface area contributed by atoms with Crippen molar-refractivity contribution in [2.45, 2.75) is 69.9 Å². The fourth-order valence-corrected chi connectivity index (χ4v) is 4.08. The largest absolute Gasteiger partial charge is 0.497 e. The molecule has 1 saturated carbocycles. The van der Waals surface area contributed by atoms with Crippen molar-refractivity contribution >= 4 is 5.91 Å². The molecule has 4 nitrogen and oxygen atoms in total. The molecular formula is C18H30N2O2. The van der Waals surface area contributed by atoms with Crippen LogP contribution < -0.4 is 5.32 Å². The maximum atomic E-state index is 12.5. The Hall–Kier alpha value is -1.03. The second-order valence-corrected chi connectivity index (χ2v) is 7.11. The van der Waals surface area contributed by atoms with Crippen LogP contribution in [-0.4, -0.2) is 42.6 Å². The third kappa shape index (κ3) is 4.25. The standard InChI is InChI=1S/C18H30N2O2/c21-18(19-13-15-7-2-1-3-8-15)17-10-6-11-20(17)14-16-9-4-5-12-22-16/h5,12,15-17H,1-4,6-11,13-14H2,(H,19,21)/t16-,17+/m0/s1. The van der Waals surface area contributed by atoms with Gasteiger partial charge in [-0.25, -0.2) is 0 Å². The van der Waals surface area contributed by atoms with Crippen molar-refractivity contribution in [3.63, 3.8) is 0 Å². The monoisotopic (exact) mass is 306 g/mol. The Labute approximate surface area is 134 Å². The summed E-state index contributed by atoms with van der Waals surface area (Å²) in [7, 11) is 0. The van der Waals surface area contributed by atoms with Gasteiger partial charge in [0.1, 0.15) is 6.10 Å². The molecule has 0 spiro atoms. The summed E-state index contributed by atoms with van der Waals surface area (Å²) in [5.41, 5.74) is 0. The molecule has 124 valence electrons. The SMILES string of the molecule is O=C(NCC1CCCCC1)[C@H]1CCCN1C[C@@H]1CCC=CO1. The summed E-state index contributed by atoms with van der Waals surface area (Å²) in [6.07, 6.45) is 15.1. The minimum Gasteiger partial charge on any atom is -0.497 e. The van der Waals surface area contributed by atoms with Crippen LogP contribution in [0.15, 0.2) is 12.3 Å². The second-order valence-electron chi connectivity index (χ2n) is 7.11. The third-order valence-electron chi connectivity index (χ3n) is 5.42. The second kappa shape index (κ2) is 8.00. The zero-order valence-corrected chi connectivity index (χ0v) is 13.6. The van der Waals surface area contributed by atoms with E-state index in [1.807, 2.05) is 6.26 Å². The number of nitrogens with one attached hydrogen (secondary N) is 1. The van der Waals surface area contributed by atoms with Crippen molar-refractivity contribution in [3.8, 4) is 0 Å². The number of likely N-dealkylation sites (tertiary alicyclic amines) is 1. The molecule has 0 bridgehead atoms. The van der Waals surface area contributed by atoms with Gasteiger partial charge >= 0.3 is 0 Å². The number of hydrogen-bond donors (Lipinski definition) is 1. The molecule has 4 heteroatoms. The van der Waals surface area contributed by atoms with E-state index in [4.69, 9.17) is 4.74 Å². The molecule has 2 fully saturated rings. The summed E-state index contributed by atoms with van der Waals surface area (Å²) < 4.78 is 5.67. The van der Waals surface area contributed by atoms with Crippen molar-refractivity contribution in [1.82, 2.24) is 10.2 Å². The van der Waals surface area contributed by atoms with Crippen LogP contribution in [0.2, 0.25) is 0 Å². The zero-order valence-electron chi connectivity index (χ0n) is 13.6. The molecule has 0 aromatic rings. The van der Waals surface area contributed by atoms with Crippen LogP contribution in [0.1, 0.15) is 57.8 Å². The van der Waals surface area contributed by atoms with Gasteiger partial charge in [-0.15, -0.1) is 0 Å². The van der Waals surface area contributed by atoms with Crippen molar-refractivity contribution < 1.29 is 9.53 Å². The van der Waals surface area contributed by atoms with E-state index in [1.165, 1.54) is 32.1 Å². The Morgan fingerprint density at radius 3 is 2.77 bits per heavy atom. The van der Waals surface area contributed by atoms with Crippen molar-refractivity contribution in [3.05, 3.63) is 12.3 Å². The first-order chi connectivity index (χ1) is 10.8. The Kier molecular flexibility index (Phi) is 5.76. The number of hydrogen-bond acceptors (Lipinski definition) is 3.